The summed E-state index contributed by atoms with van der Waals surface area (Å²) >= 11 is 0. The molecule has 0 bridgehead atoms. The quantitative estimate of drug-likeness (QED) is 0.846. The van der Waals surface area contributed by atoms with Crippen LogP contribution in [0.15, 0.2) is 22.7 Å². The lowest BCUT2D eigenvalue weighted by molar-refractivity contribution is -0.159. The zero-order valence-corrected chi connectivity index (χ0v) is 12.2. The van der Waals surface area contributed by atoms with E-state index in [1.807, 2.05) is 0 Å². The second kappa shape index (κ2) is 5.83. The van der Waals surface area contributed by atoms with Gasteiger partial charge in [-0.25, -0.2) is 9.18 Å². The highest BCUT2D eigenvalue weighted by Gasteiger charge is 2.40. The summed E-state index contributed by atoms with van der Waals surface area (Å²) in [5.74, 6) is -4.88. The zero-order valence-electron chi connectivity index (χ0n) is 12.2. The molecule has 132 valence electrons. The number of amides is 1. The van der Waals surface area contributed by atoms with Crippen LogP contribution in [0.2, 0.25) is 0 Å². The van der Waals surface area contributed by atoms with Crippen LogP contribution in [0.3, 0.4) is 0 Å². The Bertz CT molecular complexity index is 849. The lowest BCUT2D eigenvalue weighted by Gasteiger charge is -2.22. The van der Waals surface area contributed by atoms with Gasteiger partial charge in [-0.3, -0.25) is 9.69 Å². The number of rotatable bonds is 3. The minimum absolute atomic E-state index is 0.0368. The first-order valence-electron chi connectivity index (χ1n) is 6.94. The Hall–Kier alpha value is -2.98. The molecule has 1 saturated heterocycles. The number of hydrogen-bond donors (Lipinski definition) is 1. The van der Waals surface area contributed by atoms with E-state index >= 15 is 0 Å². The van der Waals surface area contributed by atoms with Crippen LogP contribution in [0.25, 0.3) is 11.4 Å². The van der Waals surface area contributed by atoms with E-state index in [2.05, 4.69) is 14.7 Å². The first-order chi connectivity index (χ1) is 11.7. The number of aliphatic carboxylic acids is 1. The number of halogens is 4. The van der Waals surface area contributed by atoms with Gasteiger partial charge in [-0.05, 0) is 24.6 Å². The Kier molecular flexibility index (Phi) is 3.93. The Labute approximate surface area is 136 Å². The summed E-state index contributed by atoms with van der Waals surface area (Å²) < 4.78 is 55.8. The van der Waals surface area contributed by atoms with Gasteiger partial charge in [-0.15, -0.1) is 0 Å². The van der Waals surface area contributed by atoms with E-state index in [9.17, 15) is 27.2 Å². The largest absolute Gasteiger partial charge is 0.480 e. The molecule has 11 heteroatoms. The summed E-state index contributed by atoms with van der Waals surface area (Å²) in [5.41, 5.74) is -0.391. The van der Waals surface area contributed by atoms with E-state index in [4.69, 9.17) is 5.11 Å². The minimum atomic E-state index is -4.83. The lowest BCUT2D eigenvalue weighted by Crippen LogP contribution is -2.39. The van der Waals surface area contributed by atoms with Gasteiger partial charge in [0.05, 0.1) is 5.69 Å². The Morgan fingerprint density at radius 2 is 2.08 bits per heavy atom. The highest BCUT2D eigenvalue weighted by atomic mass is 19.4. The molecule has 1 amide bonds. The normalized spacial score (nSPS) is 18.0. The van der Waals surface area contributed by atoms with E-state index in [1.54, 1.807) is 0 Å². The molecule has 0 aliphatic carbocycles. The number of alkyl halides is 3. The van der Waals surface area contributed by atoms with E-state index in [-0.39, 0.29) is 24.1 Å². The summed E-state index contributed by atoms with van der Waals surface area (Å²) in [4.78, 5) is 27.0. The Morgan fingerprint density at radius 3 is 2.64 bits per heavy atom. The number of anilines is 1. The van der Waals surface area contributed by atoms with Crippen molar-refractivity contribution in [1.82, 2.24) is 10.1 Å². The van der Waals surface area contributed by atoms with Crippen LogP contribution in [0.1, 0.15) is 18.7 Å². The second-order valence-corrected chi connectivity index (χ2v) is 5.24. The Balaban J connectivity index is 1.95. The van der Waals surface area contributed by atoms with Crippen molar-refractivity contribution in [1.29, 1.82) is 0 Å². The number of benzene rings is 1. The van der Waals surface area contributed by atoms with Gasteiger partial charge in [0.25, 0.3) is 0 Å². The minimum Gasteiger partial charge on any atom is -0.480 e. The number of nitrogens with zero attached hydrogens (tertiary/aromatic N) is 3. The molecule has 2 aromatic rings. The van der Waals surface area contributed by atoms with Crippen LogP contribution in [0.5, 0.6) is 0 Å². The molecular formula is C14H9F4N3O4. The second-order valence-electron chi connectivity index (χ2n) is 5.24. The summed E-state index contributed by atoms with van der Waals surface area (Å²) in [6.07, 6.45) is -4.84. The fourth-order valence-corrected chi connectivity index (χ4v) is 2.52. The van der Waals surface area contributed by atoms with Crippen molar-refractivity contribution in [3.8, 4) is 11.4 Å². The van der Waals surface area contributed by atoms with Crippen molar-refractivity contribution in [2.45, 2.75) is 25.1 Å². The standard InChI is InChI=1S/C14H9F4N3O4/c15-7-5-6(11-19-13(25-20-11)14(16,17)18)1-2-8(7)21-9(12(23)24)3-4-10(21)22/h1-2,5,9H,3-4H2,(H,23,24). The van der Waals surface area contributed by atoms with Crippen molar-refractivity contribution in [2.75, 3.05) is 4.90 Å². The van der Waals surface area contributed by atoms with E-state index < -0.39 is 41.6 Å². The number of hydrogen-bond acceptors (Lipinski definition) is 5. The lowest BCUT2D eigenvalue weighted by atomic mass is 10.1. The Morgan fingerprint density at radius 1 is 1.36 bits per heavy atom. The van der Waals surface area contributed by atoms with Crippen LogP contribution in [-0.4, -0.2) is 33.2 Å². The molecular weight excluding hydrogens is 350 g/mol. The molecule has 0 spiro atoms. The van der Waals surface area contributed by atoms with E-state index in [0.717, 1.165) is 17.0 Å². The number of aromatic nitrogens is 2. The smallest absolute Gasteiger partial charge is 0.471 e. The van der Waals surface area contributed by atoms with Gasteiger partial charge in [0, 0.05) is 12.0 Å². The van der Waals surface area contributed by atoms with Gasteiger partial charge in [-0.1, -0.05) is 5.16 Å². The predicted octanol–water partition coefficient (Wildman–Crippen LogP) is 2.47. The zero-order chi connectivity index (χ0) is 18.4. The molecule has 1 N–H and O–H groups in total. The van der Waals surface area contributed by atoms with Crippen molar-refractivity contribution in [3.05, 3.63) is 29.9 Å². The average Bonchev–Trinajstić information content (AvgIpc) is 3.14. The third-order valence-corrected chi connectivity index (χ3v) is 3.63. The average molecular weight is 359 g/mol. The fraction of sp³-hybridized carbons (Fsp3) is 0.286. The molecule has 1 aromatic heterocycles. The maximum Gasteiger partial charge on any atom is 0.471 e. The van der Waals surface area contributed by atoms with Gasteiger partial charge in [0.2, 0.25) is 11.7 Å². The molecule has 1 aliphatic heterocycles. The van der Waals surface area contributed by atoms with Crippen molar-refractivity contribution in [2.24, 2.45) is 0 Å². The molecule has 0 radical (unpaired) electrons. The molecule has 1 fully saturated rings. The molecule has 7 nitrogen and oxygen atoms in total. The van der Waals surface area contributed by atoms with Crippen LogP contribution < -0.4 is 4.90 Å². The maximum atomic E-state index is 14.3. The van der Waals surface area contributed by atoms with Crippen molar-refractivity contribution >= 4 is 17.6 Å². The van der Waals surface area contributed by atoms with Crippen molar-refractivity contribution < 1.29 is 36.8 Å². The number of carbonyl (C=O) groups excluding carboxylic acids is 1. The van der Waals surface area contributed by atoms with Crippen LogP contribution in [0.4, 0.5) is 23.2 Å². The SMILES string of the molecule is O=C(O)C1CCC(=O)N1c1ccc(-c2noc(C(F)(F)F)n2)cc1F. The highest BCUT2D eigenvalue weighted by molar-refractivity contribution is 6.02. The third kappa shape index (κ3) is 3.04. The first-order valence-corrected chi connectivity index (χ1v) is 6.94. The molecule has 2 heterocycles. The number of carboxylic acids is 1. The van der Waals surface area contributed by atoms with Gasteiger partial charge in [-0.2, -0.15) is 18.2 Å². The maximum absolute atomic E-state index is 14.3. The number of carboxylic acid groups (broad SMARTS) is 1. The third-order valence-electron chi connectivity index (χ3n) is 3.63. The van der Waals surface area contributed by atoms with Crippen LogP contribution in [0, 0.1) is 5.82 Å². The first kappa shape index (κ1) is 16.9. The van der Waals surface area contributed by atoms with Crippen molar-refractivity contribution in [3.63, 3.8) is 0 Å². The number of carbonyl (C=O) groups is 2. The molecule has 25 heavy (non-hydrogen) atoms. The summed E-state index contributed by atoms with van der Waals surface area (Å²) in [7, 11) is 0. The summed E-state index contributed by atoms with van der Waals surface area (Å²) in [6.45, 7) is 0. The molecule has 1 aromatic carbocycles. The molecule has 1 unspecified atom stereocenters. The summed E-state index contributed by atoms with van der Waals surface area (Å²) in [5, 5.41) is 12.2. The van der Waals surface area contributed by atoms with Gasteiger partial charge in [0.15, 0.2) is 0 Å². The molecule has 3 rings (SSSR count). The summed E-state index contributed by atoms with van der Waals surface area (Å²) in [6, 6.07) is 1.88. The van der Waals surface area contributed by atoms with E-state index in [1.165, 1.54) is 6.07 Å². The van der Waals surface area contributed by atoms with Gasteiger partial charge >= 0.3 is 18.0 Å². The fourth-order valence-electron chi connectivity index (χ4n) is 2.52. The highest BCUT2D eigenvalue weighted by Crippen LogP contribution is 2.33. The van der Waals surface area contributed by atoms with Gasteiger partial charge in [0.1, 0.15) is 11.9 Å². The monoisotopic (exact) mass is 359 g/mol. The van der Waals surface area contributed by atoms with Crippen LogP contribution >= 0.6 is 0 Å². The molecule has 0 saturated carbocycles. The predicted molar refractivity (Wildman–Crippen MR) is 72.8 cm³/mol. The van der Waals surface area contributed by atoms with E-state index in [0.29, 0.717) is 0 Å². The molecule has 1 atom stereocenters. The van der Waals surface area contributed by atoms with Crippen LogP contribution in [-0.2, 0) is 15.8 Å². The molecule has 1 aliphatic rings. The topological polar surface area (TPSA) is 96.5 Å². The van der Waals surface area contributed by atoms with Gasteiger partial charge < -0.3 is 9.63 Å².